The lowest BCUT2D eigenvalue weighted by Gasteiger charge is -2.03. The lowest BCUT2D eigenvalue weighted by molar-refractivity contribution is -0.323. The maximum absolute atomic E-state index is 11.0. The molecule has 0 radical (unpaired) electrons. The summed E-state index contributed by atoms with van der Waals surface area (Å²) in [4.78, 5) is 0. The first kappa shape index (κ1) is 11.8. The Labute approximate surface area is 56.6 Å². The van der Waals surface area contributed by atoms with Gasteiger partial charge in [0.25, 0.3) is 0 Å². The van der Waals surface area contributed by atoms with E-state index < -0.39 is 13.0 Å². The largest absolute Gasteiger partial charge is 1.00 e. The maximum Gasteiger partial charge on any atom is 0.522 e. The molecule has 0 atom stereocenters. The zero-order valence-corrected chi connectivity index (χ0v) is 5.17. The number of hydrogen-bond donors (Lipinski definition) is 1. The van der Waals surface area contributed by atoms with E-state index in [0.717, 1.165) is 0 Å². The molecule has 0 aliphatic heterocycles. The predicted octanol–water partition coefficient (Wildman–Crippen LogP) is -2.51. The monoisotopic (exact) mass is 164 g/mol. The van der Waals surface area contributed by atoms with Crippen molar-refractivity contribution in [2.75, 3.05) is 13.2 Å². The van der Waals surface area contributed by atoms with Gasteiger partial charge < -0.3 is 18.1 Å². The van der Waals surface area contributed by atoms with Crippen LogP contribution in [0.2, 0.25) is 0 Å². The Morgan fingerprint density at radius 2 is 1.78 bits per heavy atom. The van der Waals surface area contributed by atoms with E-state index in [1.807, 2.05) is 0 Å². The van der Waals surface area contributed by atoms with Gasteiger partial charge in [0, 0.05) is 6.54 Å². The van der Waals surface area contributed by atoms with Crippen LogP contribution in [0.1, 0.15) is 0 Å². The lowest BCUT2D eigenvalue weighted by atomic mass is 10.7. The quantitative estimate of drug-likeness (QED) is 0.489. The van der Waals surface area contributed by atoms with E-state index >= 15 is 0 Å². The number of rotatable bonds is 2. The van der Waals surface area contributed by atoms with E-state index in [4.69, 9.17) is 5.73 Å². The van der Waals surface area contributed by atoms with E-state index in [2.05, 4.69) is 4.74 Å². The molecule has 6 heteroatoms. The number of alkyl halides is 3. The zero-order chi connectivity index (χ0) is 6.62. The Hall–Kier alpha value is -0.0000000000000000555. The highest BCUT2D eigenvalue weighted by Crippen LogP contribution is 2.14. The molecule has 0 bridgehead atoms. The van der Waals surface area contributed by atoms with Crippen molar-refractivity contribution in [3.05, 3.63) is 0 Å². The van der Waals surface area contributed by atoms with Gasteiger partial charge in [0.05, 0.1) is 6.61 Å². The average Bonchev–Trinajstić information content (AvgIpc) is 1.59. The molecule has 58 valence electrons. The fourth-order valence-corrected chi connectivity index (χ4v) is 0.175. The van der Waals surface area contributed by atoms with Gasteiger partial charge in [-0.25, -0.2) is 0 Å². The molecule has 0 rings (SSSR count). The minimum Gasteiger partial charge on any atom is -1.00 e. The molecule has 0 heterocycles. The SMILES string of the molecule is NCCOC(F)(F)F.[Cl-]. The van der Waals surface area contributed by atoms with Gasteiger partial charge in [0.1, 0.15) is 0 Å². The molecule has 0 spiro atoms. The second-order valence-corrected chi connectivity index (χ2v) is 1.08. The Morgan fingerprint density at radius 1 is 1.33 bits per heavy atom. The summed E-state index contributed by atoms with van der Waals surface area (Å²) in [5, 5.41) is 0. The van der Waals surface area contributed by atoms with E-state index in [0.29, 0.717) is 0 Å². The average molecular weight is 165 g/mol. The fraction of sp³-hybridized carbons (Fsp3) is 1.00. The number of halogens is 4. The summed E-state index contributed by atoms with van der Waals surface area (Å²) in [6.07, 6.45) is -4.53. The molecule has 0 aromatic rings. The van der Waals surface area contributed by atoms with E-state index in [-0.39, 0.29) is 19.0 Å². The Balaban J connectivity index is 0. The highest BCUT2D eigenvalue weighted by molar-refractivity contribution is 4.31. The van der Waals surface area contributed by atoms with Gasteiger partial charge in [0.2, 0.25) is 0 Å². The minimum atomic E-state index is -4.53. The molecule has 9 heavy (non-hydrogen) atoms. The zero-order valence-electron chi connectivity index (χ0n) is 4.41. The Kier molecular flexibility index (Phi) is 6.32. The van der Waals surface area contributed by atoms with Gasteiger partial charge in [-0.3, -0.25) is 4.74 Å². The first-order chi connectivity index (χ1) is 3.56. The molecule has 0 aromatic heterocycles. The normalized spacial score (nSPS) is 10.7. The van der Waals surface area contributed by atoms with Crippen molar-refractivity contribution in [3.63, 3.8) is 0 Å². The van der Waals surface area contributed by atoms with Crippen LogP contribution in [0.15, 0.2) is 0 Å². The minimum absolute atomic E-state index is 0. The maximum atomic E-state index is 11.0. The van der Waals surface area contributed by atoms with Crippen LogP contribution in [0.5, 0.6) is 0 Å². The van der Waals surface area contributed by atoms with E-state index in [1.54, 1.807) is 0 Å². The molecule has 0 aromatic carbocycles. The third-order valence-corrected chi connectivity index (χ3v) is 0.384. The van der Waals surface area contributed by atoms with Gasteiger partial charge >= 0.3 is 6.36 Å². The van der Waals surface area contributed by atoms with Crippen molar-refractivity contribution < 1.29 is 30.3 Å². The van der Waals surface area contributed by atoms with Gasteiger partial charge in [-0.05, 0) is 0 Å². The van der Waals surface area contributed by atoms with Crippen LogP contribution in [-0.2, 0) is 4.74 Å². The molecule has 2 nitrogen and oxygen atoms in total. The summed E-state index contributed by atoms with van der Waals surface area (Å²) >= 11 is 0. The third kappa shape index (κ3) is 11.5. The Morgan fingerprint density at radius 3 is 1.89 bits per heavy atom. The van der Waals surface area contributed by atoms with Crippen molar-refractivity contribution in [2.45, 2.75) is 6.36 Å². The number of nitrogens with two attached hydrogens (primary N) is 1. The van der Waals surface area contributed by atoms with E-state index in [9.17, 15) is 13.2 Å². The van der Waals surface area contributed by atoms with Crippen LogP contribution >= 0.6 is 0 Å². The highest BCUT2D eigenvalue weighted by atomic mass is 35.5. The summed E-state index contributed by atoms with van der Waals surface area (Å²) in [7, 11) is 0. The summed E-state index contributed by atoms with van der Waals surface area (Å²) < 4.78 is 36.1. The van der Waals surface area contributed by atoms with Gasteiger partial charge in [0.15, 0.2) is 0 Å². The van der Waals surface area contributed by atoms with Crippen molar-refractivity contribution in [1.82, 2.24) is 0 Å². The van der Waals surface area contributed by atoms with Crippen molar-refractivity contribution in [3.8, 4) is 0 Å². The van der Waals surface area contributed by atoms with E-state index in [1.165, 1.54) is 0 Å². The molecule has 0 amide bonds. The molecule has 0 fully saturated rings. The van der Waals surface area contributed by atoms with Crippen LogP contribution in [0, 0.1) is 0 Å². The molecular formula is C3H6ClF3NO-. The second kappa shape index (κ2) is 4.84. The third-order valence-electron chi connectivity index (χ3n) is 0.384. The highest BCUT2D eigenvalue weighted by Gasteiger charge is 2.28. The van der Waals surface area contributed by atoms with Crippen molar-refractivity contribution in [2.24, 2.45) is 5.73 Å². The summed E-state index contributed by atoms with van der Waals surface area (Å²) in [6, 6.07) is 0. The summed E-state index contributed by atoms with van der Waals surface area (Å²) in [5.41, 5.74) is 4.71. The van der Waals surface area contributed by atoms with Gasteiger partial charge in [-0.1, -0.05) is 0 Å². The standard InChI is InChI=1S/C3H6F3NO.ClH/c4-3(5,6)8-2-1-7;/h1-2,7H2;1H/p-1. The fourth-order valence-electron chi connectivity index (χ4n) is 0.175. The summed E-state index contributed by atoms with van der Waals surface area (Å²) in [5.74, 6) is 0. The summed E-state index contributed by atoms with van der Waals surface area (Å²) in [6.45, 7) is -0.580. The Bertz CT molecular complexity index is 66.6. The smallest absolute Gasteiger partial charge is 0.522 e. The first-order valence-corrected chi connectivity index (χ1v) is 1.97. The molecule has 0 unspecified atom stereocenters. The molecule has 0 aliphatic rings. The van der Waals surface area contributed by atoms with Crippen LogP contribution in [0.3, 0.4) is 0 Å². The molecule has 0 aliphatic carbocycles. The van der Waals surface area contributed by atoms with Crippen LogP contribution < -0.4 is 18.1 Å². The van der Waals surface area contributed by atoms with Gasteiger partial charge in [-0.2, -0.15) is 0 Å². The number of hydrogen-bond acceptors (Lipinski definition) is 2. The van der Waals surface area contributed by atoms with Gasteiger partial charge in [-0.15, -0.1) is 13.2 Å². The molecule has 0 saturated carbocycles. The second-order valence-electron chi connectivity index (χ2n) is 1.08. The first-order valence-electron chi connectivity index (χ1n) is 1.97. The van der Waals surface area contributed by atoms with Crippen LogP contribution in [0.25, 0.3) is 0 Å². The van der Waals surface area contributed by atoms with Crippen molar-refractivity contribution in [1.29, 1.82) is 0 Å². The molecular weight excluding hydrogens is 158 g/mol. The van der Waals surface area contributed by atoms with Crippen LogP contribution in [-0.4, -0.2) is 19.5 Å². The number of ether oxygens (including phenoxy) is 1. The lowest BCUT2D eigenvalue weighted by Crippen LogP contribution is -3.00. The molecule has 2 N–H and O–H groups in total. The topological polar surface area (TPSA) is 35.2 Å². The molecule has 0 saturated heterocycles. The van der Waals surface area contributed by atoms with Crippen LogP contribution in [0.4, 0.5) is 13.2 Å². The van der Waals surface area contributed by atoms with Crippen molar-refractivity contribution >= 4 is 0 Å². The predicted molar refractivity (Wildman–Crippen MR) is 21.1 cm³/mol.